The van der Waals surface area contributed by atoms with Crippen molar-refractivity contribution in [1.82, 2.24) is 25.5 Å². The summed E-state index contributed by atoms with van der Waals surface area (Å²) in [6.45, 7) is 2.95. The zero-order valence-electron chi connectivity index (χ0n) is 11.8. The zero-order chi connectivity index (χ0) is 14.9. The topological polar surface area (TPSA) is 95.0 Å². The minimum Gasteiger partial charge on any atom is -0.390 e. The van der Waals surface area contributed by atoms with Crippen molar-refractivity contribution in [3.63, 3.8) is 0 Å². The summed E-state index contributed by atoms with van der Waals surface area (Å²) >= 11 is 0. The normalized spacial score (nSPS) is 17.7. The van der Waals surface area contributed by atoms with Crippen LogP contribution in [0.2, 0.25) is 0 Å². The minimum atomic E-state index is -0.663. The van der Waals surface area contributed by atoms with Gasteiger partial charge in [-0.3, -0.25) is 4.79 Å². The summed E-state index contributed by atoms with van der Waals surface area (Å²) in [6.07, 6.45) is 1.20. The lowest BCUT2D eigenvalue weighted by Crippen LogP contribution is -2.45. The fourth-order valence-corrected chi connectivity index (χ4v) is 2.45. The molecule has 1 saturated heterocycles. The van der Waals surface area contributed by atoms with Crippen LogP contribution in [-0.2, 0) is 0 Å². The number of aliphatic hydroxyl groups is 1. The SMILES string of the molecule is CC1(O)CCN(C(=O)c2cccc(-c3nn[nH]n3)c2)CC1. The van der Waals surface area contributed by atoms with Crippen LogP contribution >= 0.6 is 0 Å². The lowest BCUT2D eigenvalue weighted by atomic mass is 9.93. The van der Waals surface area contributed by atoms with Crippen molar-refractivity contribution in [3.8, 4) is 11.4 Å². The number of aromatic amines is 1. The number of H-pyrrole nitrogens is 1. The van der Waals surface area contributed by atoms with Gasteiger partial charge in [0.15, 0.2) is 0 Å². The van der Waals surface area contributed by atoms with Crippen LogP contribution in [0.4, 0.5) is 0 Å². The highest BCUT2D eigenvalue weighted by molar-refractivity contribution is 5.95. The van der Waals surface area contributed by atoms with Crippen LogP contribution in [0.3, 0.4) is 0 Å². The number of aromatic nitrogens is 4. The third kappa shape index (κ3) is 2.92. The number of likely N-dealkylation sites (tertiary alicyclic amines) is 1. The summed E-state index contributed by atoms with van der Waals surface area (Å²) in [5.41, 5.74) is 0.681. The standard InChI is InChI=1S/C14H17N5O2/c1-14(21)5-7-19(8-6-14)13(20)11-4-2-3-10(9-11)12-15-17-18-16-12/h2-4,9,21H,5-8H2,1H3,(H,15,16,17,18). The highest BCUT2D eigenvalue weighted by Crippen LogP contribution is 2.23. The van der Waals surface area contributed by atoms with Crippen molar-refractivity contribution < 1.29 is 9.90 Å². The van der Waals surface area contributed by atoms with Gasteiger partial charge in [0.05, 0.1) is 5.60 Å². The van der Waals surface area contributed by atoms with Gasteiger partial charge < -0.3 is 10.0 Å². The largest absolute Gasteiger partial charge is 0.390 e. The Bertz CT molecular complexity index is 629. The number of carbonyl (C=O) groups is 1. The first-order chi connectivity index (χ1) is 10.1. The Hall–Kier alpha value is -2.28. The lowest BCUT2D eigenvalue weighted by molar-refractivity contribution is -0.00202. The Morgan fingerprint density at radius 2 is 2.14 bits per heavy atom. The number of piperidine rings is 1. The summed E-state index contributed by atoms with van der Waals surface area (Å²) in [7, 11) is 0. The maximum Gasteiger partial charge on any atom is 0.253 e. The maximum absolute atomic E-state index is 12.5. The van der Waals surface area contributed by atoms with Crippen molar-refractivity contribution >= 4 is 5.91 Å². The fraction of sp³-hybridized carbons (Fsp3) is 0.429. The van der Waals surface area contributed by atoms with Crippen LogP contribution in [-0.4, -0.2) is 55.2 Å². The van der Waals surface area contributed by atoms with Crippen LogP contribution in [0.5, 0.6) is 0 Å². The molecule has 0 bridgehead atoms. The maximum atomic E-state index is 12.5. The van der Waals surface area contributed by atoms with Gasteiger partial charge in [-0.25, -0.2) is 0 Å². The monoisotopic (exact) mass is 287 g/mol. The van der Waals surface area contributed by atoms with Crippen LogP contribution in [0.1, 0.15) is 30.1 Å². The van der Waals surface area contributed by atoms with E-state index in [2.05, 4.69) is 20.6 Å². The van der Waals surface area contributed by atoms with Gasteiger partial charge >= 0.3 is 0 Å². The molecule has 2 N–H and O–H groups in total. The molecule has 1 aromatic carbocycles. The van der Waals surface area contributed by atoms with Crippen molar-refractivity contribution in [2.24, 2.45) is 0 Å². The second-order valence-corrected chi connectivity index (χ2v) is 5.61. The number of benzene rings is 1. The number of hydrogen-bond donors (Lipinski definition) is 2. The Morgan fingerprint density at radius 1 is 1.38 bits per heavy atom. The number of carbonyl (C=O) groups excluding carboxylic acids is 1. The number of rotatable bonds is 2. The van der Waals surface area contributed by atoms with E-state index >= 15 is 0 Å². The molecule has 1 amide bonds. The van der Waals surface area contributed by atoms with Gasteiger partial charge in [0.1, 0.15) is 0 Å². The number of nitrogens with zero attached hydrogens (tertiary/aromatic N) is 4. The Morgan fingerprint density at radius 3 is 2.81 bits per heavy atom. The predicted octanol–water partition coefficient (Wildman–Crippen LogP) is 0.854. The molecule has 110 valence electrons. The Labute approximate surface area is 122 Å². The van der Waals surface area contributed by atoms with Crippen LogP contribution in [0.25, 0.3) is 11.4 Å². The predicted molar refractivity (Wildman–Crippen MR) is 75.4 cm³/mol. The smallest absolute Gasteiger partial charge is 0.253 e. The molecular formula is C14H17N5O2. The quantitative estimate of drug-likeness (QED) is 0.854. The molecule has 7 heteroatoms. The van der Waals surface area contributed by atoms with E-state index in [4.69, 9.17) is 0 Å². The van der Waals surface area contributed by atoms with E-state index in [0.717, 1.165) is 5.56 Å². The number of hydrogen-bond acceptors (Lipinski definition) is 5. The van der Waals surface area contributed by atoms with Gasteiger partial charge in [-0.1, -0.05) is 12.1 Å². The summed E-state index contributed by atoms with van der Waals surface area (Å²) < 4.78 is 0. The van der Waals surface area contributed by atoms with E-state index in [0.29, 0.717) is 37.3 Å². The lowest BCUT2D eigenvalue weighted by Gasteiger charge is -2.35. The van der Waals surface area contributed by atoms with Crippen LogP contribution in [0.15, 0.2) is 24.3 Å². The molecule has 0 spiro atoms. The van der Waals surface area contributed by atoms with Gasteiger partial charge in [0.25, 0.3) is 5.91 Å². The zero-order valence-corrected chi connectivity index (χ0v) is 11.8. The van der Waals surface area contributed by atoms with Gasteiger partial charge in [-0.2, -0.15) is 5.21 Å². The molecular weight excluding hydrogens is 270 g/mol. The second-order valence-electron chi connectivity index (χ2n) is 5.61. The molecule has 7 nitrogen and oxygen atoms in total. The van der Waals surface area contributed by atoms with Gasteiger partial charge in [-0.05, 0) is 37.1 Å². The highest BCUT2D eigenvalue weighted by atomic mass is 16.3. The highest BCUT2D eigenvalue weighted by Gasteiger charge is 2.30. The van der Waals surface area contributed by atoms with Gasteiger partial charge in [0, 0.05) is 24.2 Å². The molecule has 1 aliphatic rings. The molecule has 0 radical (unpaired) electrons. The molecule has 3 rings (SSSR count). The van der Waals surface area contributed by atoms with E-state index in [9.17, 15) is 9.90 Å². The van der Waals surface area contributed by atoms with Gasteiger partial charge in [0.2, 0.25) is 5.82 Å². The average Bonchev–Trinajstić information content (AvgIpc) is 3.01. The fourth-order valence-electron chi connectivity index (χ4n) is 2.45. The van der Waals surface area contributed by atoms with Crippen molar-refractivity contribution in [3.05, 3.63) is 29.8 Å². The molecule has 1 fully saturated rings. The molecule has 2 aromatic rings. The van der Waals surface area contributed by atoms with E-state index in [1.54, 1.807) is 23.1 Å². The minimum absolute atomic E-state index is 0.0316. The van der Waals surface area contributed by atoms with Crippen LogP contribution in [0, 0.1) is 0 Å². The van der Waals surface area contributed by atoms with E-state index < -0.39 is 5.60 Å². The van der Waals surface area contributed by atoms with Crippen LogP contribution < -0.4 is 0 Å². The molecule has 2 heterocycles. The first-order valence-corrected chi connectivity index (χ1v) is 6.91. The summed E-state index contributed by atoms with van der Waals surface area (Å²) in [5.74, 6) is 0.432. The molecule has 1 aliphatic heterocycles. The summed E-state index contributed by atoms with van der Waals surface area (Å²) in [4.78, 5) is 14.3. The molecule has 0 saturated carbocycles. The second kappa shape index (κ2) is 5.25. The van der Waals surface area contributed by atoms with Crippen molar-refractivity contribution in [1.29, 1.82) is 0 Å². The molecule has 21 heavy (non-hydrogen) atoms. The van der Waals surface area contributed by atoms with E-state index in [1.807, 2.05) is 13.0 Å². The number of amides is 1. The third-order valence-corrected chi connectivity index (χ3v) is 3.84. The number of tetrazole rings is 1. The average molecular weight is 287 g/mol. The summed E-state index contributed by atoms with van der Waals surface area (Å²) in [5, 5.41) is 23.7. The molecule has 0 atom stereocenters. The first-order valence-electron chi connectivity index (χ1n) is 6.91. The number of nitrogens with one attached hydrogen (secondary N) is 1. The van der Waals surface area contributed by atoms with Crippen molar-refractivity contribution in [2.45, 2.75) is 25.4 Å². The van der Waals surface area contributed by atoms with E-state index in [1.165, 1.54) is 0 Å². The third-order valence-electron chi connectivity index (χ3n) is 3.84. The first kappa shape index (κ1) is 13.7. The molecule has 1 aromatic heterocycles. The van der Waals surface area contributed by atoms with Gasteiger partial charge in [-0.15, -0.1) is 10.2 Å². The van der Waals surface area contributed by atoms with Crippen molar-refractivity contribution in [2.75, 3.05) is 13.1 Å². The summed E-state index contributed by atoms with van der Waals surface area (Å²) in [6, 6.07) is 7.18. The van der Waals surface area contributed by atoms with E-state index in [-0.39, 0.29) is 5.91 Å². The Kier molecular flexibility index (Phi) is 3.42. The molecule has 0 aliphatic carbocycles. The Balaban J connectivity index is 1.78. The molecule has 0 unspecified atom stereocenters.